The Hall–Kier alpha value is -2.84. The molecule has 0 radical (unpaired) electrons. The van der Waals surface area contributed by atoms with E-state index in [1.165, 1.54) is 10.7 Å². The van der Waals surface area contributed by atoms with Crippen LogP contribution in [0.5, 0.6) is 0 Å². The summed E-state index contributed by atoms with van der Waals surface area (Å²) in [6, 6.07) is 6.60. The van der Waals surface area contributed by atoms with Gasteiger partial charge in [0.1, 0.15) is 11.6 Å². The number of hydrogen-bond acceptors (Lipinski definition) is 4. The minimum absolute atomic E-state index is 0.0460. The number of benzene rings is 1. The topological polar surface area (TPSA) is 75.4 Å². The van der Waals surface area contributed by atoms with Gasteiger partial charge in [-0.2, -0.15) is 5.10 Å². The number of nitrogens with zero attached hydrogens (tertiary/aromatic N) is 5. The van der Waals surface area contributed by atoms with Crippen molar-refractivity contribution in [1.29, 1.82) is 0 Å². The number of anilines is 1. The molecule has 2 amide bonds. The molecule has 156 valence electrons. The Morgan fingerprint density at radius 2 is 1.90 bits per heavy atom. The molecule has 2 aromatic rings. The second-order valence-corrected chi connectivity index (χ2v) is 7.54. The van der Waals surface area contributed by atoms with E-state index in [1.807, 2.05) is 11.0 Å². The van der Waals surface area contributed by atoms with E-state index in [9.17, 15) is 14.0 Å². The van der Waals surface area contributed by atoms with Gasteiger partial charge in [-0.1, -0.05) is 12.1 Å². The molecule has 29 heavy (non-hydrogen) atoms. The third kappa shape index (κ3) is 4.28. The van der Waals surface area contributed by atoms with E-state index in [1.54, 1.807) is 21.6 Å². The summed E-state index contributed by atoms with van der Waals surface area (Å²) in [4.78, 5) is 28.4. The highest BCUT2D eigenvalue weighted by Crippen LogP contribution is 2.20. The molecule has 0 atom stereocenters. The summed E-state index contributed by atoms with van der Waals surface area (Å²) in [5.41, 5.74) is 0.538. The molecule has 1 N–H and O–H groups in total. The summed E-state index contributed by atoms with van der Waals surface area (Å²) in [7, 11) is 0. The van der Waals surface area contributed by atoms with Crippen molar-refractivity contribution in [2.45, 2.75) is 38.8 Å². The van der Waals surface area contributed by atoms with Gasteiger partial charge in [0.25, 0.3) is 0 Å². The molecule has 2 aliphatic rings. The molecule has 8 nitrogen and oxygen atoms in total. The summed E-state index contributed by atoms with van der Waals surface area (Å²) in [6.07, 6.45) is 3.62. The monoisotopic (exact) mass is 402 g/mol. The number of nitrogens with one attached hydrogen (secondary N) is 1. The van der Waals surface area contributed by atoms with Crippen molar-refractivity contribution in [3.63, 3.8) is 0 Å². The maximum atomic E-state index is 13.9. The highest BCUT2D eigenvalue weighted by molar-refractivity contribution is 5.74. The van der Waals surface area contributed by atoms with Crippen LogP contribution in [0.4, 0.5) is 14.9 Å². The normalized spacial score (nSPS) is 16.6. The molecule has 0 bridgehead atoms. The second-order valence-electron chi connectivity index (χ2n) is 7.54. The third-order valence-electron chi connectivity index (χ3n) is 5.61. The predicted molar refractivity (Wildman–Crippen MR) is 108 cm³/mol. The molecule has 1 aromatic heterocycles. The van der Waals surface area contributed by atoms with Crippen LogP contribution in [0.2, 0.25) is 0 Å². The lowest BCUT2D eigenvalue weighted by Gasteiger charge is -2.36. The number of amides is 2. The number of hydrogen-bond donors (Lipinski definition) is 1. The van der Waals surface area contributed by atoms with Crippen LogP contribution in [0.1, 0.15) is 25.1 Å². The number of aryl methyl sites for hydroxylation is 2. The van der Waals surface area contributed by atoms with Gasteiger partial charge in [0.05, 0.1) is 5.69 Å². The maximum Gasteiger partial charge on any atom is 0.345 e. The van der Waals surface area contributed by atoms with Gasteiger partial charge in [-0.15, -0.1) is 0 Å². The summed E-state index contributed by atoms with van der Waals surface area (Å²) in [6.45, 7) is 4.04. The molecule has 3 heterocycles. The zero-order valence-electron chi connectivity index (χ0n) is 16.5. The van der Waals surface area contributed by atoms with E-state index in [0.29, 0.717) is 51.4 Å². The number of fused-ring (bicyclic) bond motifs is 1. The molecule has 2 aliphatic heterocycles. The van der Waals surface area contributed by atoms with E-state index in [-0.39, 0.29) is 17.5 Å². The number of urea groups is 1. The molecule has 0 unspecified atom stereocenters. The first-order valence-electron chi connectivity index (χ1n) is 10.3. The van der Waals surface area contributed by atoms with Gasteiger partial charge < -0.3 is 15.1 Å². The number of para-hydroxylation sites is 1. The lowest BCUT2D eigenvalue weighted by molar-refractivity contribution is 0.194. The SMILES string of the molecule is O=C(NCCCn1nc2n(c1=O)CCCC2)N1CCN(c2ccccc2F)CC1. The first-order valence-corrected chi connectivity index (χ1v) is 10.3. The van der Waals surface area contributed by atoms with Gasteiger partial charge in [0, 0.05) is 52.2 Å². The van der Waals surface area contributed by atoms with Crippen molar-refractivity contribution in [2.24, 2.45) is 0 Å². The Morgan fingerprint density at radius 3 is 2.66 bits per heavy atom. The average Bonchev–Trinajstić information content (AvgIpc) is 3.07. The summed E-state index contributed by atoms with van der Waals surface area (Å²) in [5.74, 6) is 0.639. The number of halogens is 1. The Kier molecular flexibility index (Phi) is 5.82. The van der Waals surface area contributed by atoms with Crippen LogP contribution in [0.3, 0.4) is 0 Å². The van der Waals surface area contributed by atoms with Crippen LogP contribution in [-0.2, 0) is 19.5 Å². The van der Waals surface area contributed by atoms with Crippen LogP contribution in [0.25, 0.3) is 0 Å². The third-order valence-corrected chi connectivity index (χ3v) is 5.61. The number of aromatic nitrogens is 3. The molecular weight excluding hydrogens is 375 g/mol. The molecule has 0 spiro atoms. The number of piperazine rings is 1. The van der Waals surface area contributed by atoms with Crippen LogP contribution < -0.4 is 15.9 Å². The molecule has 1 saturated heterocycles. The van der Waals surface area contributed by atoms with Gasteiger partial charge >= 0.3 is 11.7 Å². The second kappa shape index (κ2) is 8.67. The van der Waals surface area contributed by atoms with Gasteiger partial charge in [0.15, 0.2) is 0 Å². The van der Waals surface area contributed by atoms with E-state index in [2.05, 4.69) is 10.4 Å². The molecule has 9 heteroatoms. The van der Waals surface area contributed by atoms with Gasteiger partial charge in [-0.3, -0.25) is 4.57 Å². The number of rotatable bonds is 5. The van der Waals surface area contributed by atoms with E-state index >= 15 is 0 Å². The van der Waals surface area contributed by atoms with Crippen LogP contribution in [0.15, 0.2) is 29.1 Å². The summed E-state index contributed by atoms with van der Waals surface area (Å²) < 4.78 is 17.2. The molecule has 0 saturated carbocycles. The first-order chi connectivity index (χ1) is 14.1. The van der Waals surface area contributed by atoms with Gasteiger partial charge in [0.2, 0.25) is 0 Å². The van der Waals surface area contributed by atoms with Crippen LogP contribution in [0, 0.1) is 5.82 Å². The molecular formula is C20H27FN6O2. The van der Waals surface area contributed by atoms with Crippen molar-refractivity contribution in [3.8, 4) is 0 Å². The largest absolute Gasteiger partial charge is 0.366 e. The Balaban J connectivity index is 1.21. The first kappa shape index (κ1) is 19.5. The highest BCUT2D eigenvalue weighted by Gasteiger charge is 2.22. The predicted octanol–water partition coefficient (Wildman–Crippen LogP) is 1.44. The fourth-order valence-corrected chi connectivity index (χ4v) is 3.99. The summed E-state index contributed by atoms with van der Waals surface area (Å²) in [5, 5.41) is 7.32. The smallest absolute Gasteiger partial charge is 0.345 e. The quantitative estimate of drug-likeness (QED) is 0.768. The highest BCUT2D eigenvalue weighted by atomic mass is 19.1. The van der Waals surface area contributed by atoms with Crippen LogP contribution >= 0.6 is 0 Å². The van der Waals surface area contributed by atoms with Crippen molar-refractivity contribution >= 4 is 11.7 Å². The average molecular weight is 402 g/mol. The minimum atomic E-state index is -0.235. The zero-order chi connectivity index (χ0) is 20.2. The Bertz CT molecular complexity index is 916. The number of carbonyl (C=O) groups excluding carboxylic acids is 1. The van der Waals surface area contributed by atoms with Crippen molar-refractivity contribution < 1.29 is 9.18 Å². The Morgan fingerprint density at radius 1 is 1.10 bits per heavy atom. The van der Waals surface area contributed by atoms with Gasteiger partial charge in [-0.25, -0.2) is 18.7 Å². The van der Waals surface area contributed by atoms with Crippen molar-refractivity contribution in [1.82, 2.24) is 24.6 Å². The van der Waals surface area contributed by atoms with E-state index < -0.39 is 0 Å². The standard InChI is InChI=1S/C20H27FN6O2/c21-16-6-1-2-7-17(16)24-12-14-25(15-13-24)19(28)22-9-5-11-27-20(29)26-10-4-3-8-18(26)23-27/h1-2,6-7H,3-5,8-15H2,(H,22,28). The van der Waals surface area contributed by atoms with Crippen LogP contribution in [-0.4, -0.2) is 58.0 Å². The molecule has 1 fully saturated rings. The molecule has 0 aliphatic carbocycles. The molecule has 4 rings (SSSR count). The van der Waals surface area contributed by atoms with Crippen molar-refractivity contribution in [3.05, 3.63) is 46.4 Å². The van der Waals surface area contributed by atoms with Gasteiger partial charge in [-0.05, 0) is 31.4 Å². The number of carbonyl (C=O) groups is 1. The molecule has 1 aromatic carbocycles. The van der Waals surface area contributed by atoms with E-state index in [4.69, 9.17) is 0 Å². The Labute approximate surface area is 168 Å². The summed E-state index contributed by atoms with van der Waals surface area (Å²) >= 11 is 0. The fourth-order valence-electron chi connectivity index (χ4n) is 3.99. The minimum Gasteiger partial charge on any atom is -0.366 e. The lowest BCUT2D eigenvalue weighted by atomic mass is 10.2. The fraction of sp³-hybridized carbons (Fsp3) is 0.550. The van der Waals surface area contributed by atoms with E-state index in [0.717, 1.165) is 31.6 Å². The van der Waals surface area contributed by atoms with Crippen molar-refractivity contribution in [2.75, 3.05) is 37.6 Å². The maximum absolute atomic E-state index is 13.9. The lowest BCUT2D eigenvalue weighted by Crippen LogP contribution is -2.52. The zero-order valence-corrected chi connectivity index (χ0v) is 16.5.